The molecule has 0 saturated carbocycles. The van der Waals surface area contributed by atoms with E-state index in [1.54, 1.807) is 0 Å². The Morgan fingerprint density at radius 1 is 1.24 bits per heavy atom. The molecule has 96 valence electrons. The maximum Gasteiger partial charge on any atom is 0.329 e. The van der Waals surface area contributed by atoms with Crippen molar-refractivity contribution in [2.45, 2.75) is 39.3 Å². The molecule has 0 aliphatic carbocycles. The Hall–Kier alpha value is -1.59. The lowest BCUT2D eigenvalue weighted by molar-refractivity contribution is -0.168. The van der Waals surface area contributed by atoms with Crippen molar-refractivity contribution in [2.24, 2.45) is 0 Å². The van der Waals surface area contributed by atoms with Crippen molar-refractivity contribution < 1.29 is 19.5 Å². The number of rotatable bonds is 3. The second-order valence-corrected chi connectivity index (χ2v) is 4.91. The minimum Gasteiger partial charge on any atom is -0.480 e. The van der Waals surface area contributed by atoms with E-state index in [1.165, 1.54) is 18.7 Å². The molecule has 6 nitrogen and oxygen atoms in total. The van der Waals surface area contributed by atoms with Gasteiger partial charge in [0.1, 0.15) is 5.54 Å². The minimum absolute atomic E-state index is 0.0541. The summed E-state index contributed by atoms with van der Waals surface area (Å²) in [7, 11) is 0. The predicted octanol–water partition coefficient (Wildman–Crippen LogP) is -0.0712. The van der Waals surface area contributed by atoms with Gasteiger partial charge in [-0.15, -0.1) is 0 Å². The molecule has 0 atom stereocenters. The third-order valence-electron chi connectivity index (χ3n) is 3.07. The number of hydrogen-bond acceptors (Lipinski definition) is 3. The summed E-state index contributed by atoms with van der Waals surface area (Å²) in [5.74, 6) is -2.48. The molecule has 0 aromatic rings. The molecule has 1 aliphatic heterocycles. The molecule has 0 aromatic carbocycles. The summed E-state index contributed by atoms with van der Waals surface area (Å²) in [6.07, 6.45) is 0. The fraction of sp³-hybridized carbons (Fsp3) is 0.727. The molecule has 0 spiro atoms. The van der Waals surface area contributed by atoms with Gasteiger partial charge in [0.05, 0.1) is 0 Å². The van der Waals surface area contributed by atoms with Crippen molar-refractivity contribution in [2.75, 3.05) is 13.1 Å². The number of carbonyl (C=O) groups excluding carboxylic acids is 2. The van der Waals surface area contributed by atoms with Crippen molar-refractivity contribution in [3.63, 3.8) is 0 Å². The van der Waals surface area contributed by atoms with Crippen molar-refractivity contribution in [3.05, 3.63) is 0 Å². The molecule has 0 bridgehead atoms. The standard InChI is InChI=1S/C11H18N2O4/c1-7(2)12-5-6-13(9(15)8(12)14)11(3,4)10(16)17/h7H,5-6H2,1-4H3,(H,16,17). The first-order chi connectivity index (χ1) is 7.69. The minimum atomic E-state index is -1.35. The van der Waals surface area contributed by atoms with Gasteiger partial charge in [-0.2, -0.15) is 0 Å². The van der Waals surface area contributed by atoms with Gasteiger partial charge in [-0.05, 0) is 27.7 Å². The SMILES string of the molecule is CC(C)N1CCN(C(C)(C)C(=O)O)C(=O)C1=O. The van der Waals surface area contributed by atoms with Crippen LogP contribution in [0.25, 0.3) is 0 Å². The van der Waals surface area contributed by atoms with Crippen LogP contribution in [-0.4, -0.2) is 57.4 Å². The molecular formula is C11H18N2O4. The molecule has 1 heterocycles. The predicted molar refractivity (Wildman–Crippen MR) is 60.3 cm³/mol. The number of carboxylic acids is 1. The summed E-state index contributed by atoms with van der Waals surface area (Å²) in [6.45, 7) is 7.12. The first-order valence-electron chi connectivity index (χ1n) is 5.55. The lowest BCUT2D eigenvalue weighted by Crippen LogP contribution is -2.64. The summed E-state index contributed by atoms with van der Waals surface area (Å²) in [6, 6.07) is -0.0541. The Labute approximate surface area is 100 Å². The Kier molecular flexibility index (Phi) is 3.45. The van der Waals surface area contributed by atoms with Gasteiger partial charge in [0, 0.05) is 19.1 Å². The Bertz CT molecular complexity index is 362. The molecule has 0 unspecified atom stereocenters. The maximum absolute atomic E-state index is 11.9. The molecule has 6 heteroatoms. The Morgan fingerprint density at radius 2 is 1.76 bits per heavy atom. The zero-order valence-corrected chi connectivity index (χ0v) is 10.6. The molecule has 1 fully saturated rings. The number of aliphatic carboxylic acids is 1. The number of nitrogens with zero attached hydrogens (tertiary/aromatic N) is 2. The van der Waals surface area contributed by atoms with E-state index in [0.717, 1.165) is 4.90 Å². The Balaban J connectivity index is 2.94. The van der Waals surface area contributed by atoms with Crippen LogP contribution in [0.5, 0.6) is 0 Å². The fourth-order valence-electron chi connectivity index (χ4n) is 1.79. The maximum atomic E-state index is 11.9. The van der Waals surface area contributed by atoms with Crippen LogP contribution in [-0.2, 0) is 14.4 Å². The molecular weight excluding hydrogens is 224 g/mol. The van der Waals surface area contributed by atoms with Crippen LogP contribution in [0.2, 0.25) is 0 Å². The van der Waals surface area contributed by atoms with Crippen LogP contribution >= 0.6 is 0 Å². The van der Waals surface area contributed by atoms with Gasteiger partial charge in [0.15, 0.2) is 0 Å². The van der Waals surface area contributed by atoms with Crippen molar-refractivity contribution in [1.82, 2.24) is 9.80 Å². The summed E-state index contributed by atoms with van der Waals surface area (Å²) in [5, 5.41) is 9.05. The van der Waals surface area contributed by atoms with Gasteiger partial charge in [-0.1, -0.05) is 0 Å². The van der Waals surface area contributed by atoms with Gasteiger partial charge < -0.3 is 14.9 Å². The van der Waals surface area contributed by atoms with Crippen molar-refractivity contribution in [1.29, 1.82) is 0 Å². The van der Waals surface area contributed by atoms with Gasteiger partial charge in [0.2, 0.25) is 0 Å². The number of carboxylic acid groups (broad SMARTS) is 1. The zero-order chi connectivity index (χ0) is 13.4. The molecule has 1 rings (SSSR count). The fourth-order valence-corrected chi connectivity index (χ4v) is 1.79. The van der Waals surface area contributed by atoms with Crippen LogP contribution < -0.4 is 0 Å². The average molecular weight is 242 g/mol. The summed E-state index contributed by atoms with van der Waals surface area (Å²) < 4.78 is 0. The number of hydrogen-bond donors (Lipinski definition) is 1. The molecule has 0 radical (unpaired) electrons. The normalized spacial score (nSPS) is 17.9. The van der Waals surface area contributed by atoms with Gasteiger partial charge in [0.25, 0.3) is 0 Å². The molecule has 17 heavy (non-hydrogen) atoms. The number of piperazine rings is 1. The highest BCUT2D eigenvalue weighted by atomic mass is 16.4. The lowest BCUT2D eigenvalue weighted by Gasteiger charge is -2.41. The zero-order valence-electron chi connectivity index (χ0n) is 10.6. The molecule has 1 N–H and O–H groups in total. The first-order valence-corrected chi connectivity index (χ1v) is 5.55. The molecule has 1 saturated heterocycles. The van der Waals surface area contributed by atoms with Gasteiger partial charge >= 0.3 is 17.8 Å². The van der Waals surface area contributed by atoms with E-state index < -0.39 is 23.3 Å². The topological polar surface area (TPSA) is 77.9 Å². The van der Waals surface area contributed by atoms with E-state index in [0.29, 0.717) is 6.54 Å². The van der Waals surface area contributed by atoms with Crippen LogP contribution in [0.3, 0.4) is 0 Å². The second kappa shape index (κ2) is 4.35. The smallest absolute Gasteiger partial charge is 0.329 e. The summed E-state index contributed by atoms with van der Waals surface area (Å²) in [5.41, 5.74) is -1.35. The second-order valence-electron chi connectivity index (χ2n) is 4.91. The van der Waals surface area contributed by atoms with Crippen LogP contribution in [0, 0.1) is 0 Å². The van der Waals surface area contributed by atoms with E-state index in [1.807, 2.05) is 13.8 Å². The van der Waals surface area contributed by atoms with E-state index in [4.69, 9.17) is 5.11 Å². The summed E-state index contributed by atoms with van der Waals surface area (Å²) in [4.78, 5) is 37.3. The van der Waals surface area contributed by atoms with E-state index >= 15 is 0 Å². The highest BCUT2D eigenvalue weighted by Gasteiger charge is 2.44. The van der Waals surface area contributed by atoms with Crippen LogP contribution in [0.1, 0.15) is 27.7 Å². The highest BCUT2D eigenvalue weighted by molar-refractivity contribution is 6.36. The van der Waals surface area contributed by atoms with Gasteiger partial charge in [-0.25, -0.2) is 4.79 Å². The van der Waals surface area contributed by atoms with Crippen molar-refractivity contribution >= 4 is 17.8 Å². The van der Waals surface area contributed by atoms with E-state index in [2.05, 4.69) is 0 Å². The molecule has 2 amide bonds. The lowest BCUT2D eigenvalue weighted by atomic mass is 10.0. The monoisotopic (exact) mass is 242 g/mol. The number of amides is 2. The van der Waals surface area contributed by atoms with E-state index in [-0.39, 0.29) is 12.6 Å². The highest BCUT2D eigenvalue weighted by Crippen LogP contribution is 2.19. The van der Waals surface area contributed by atoms with Crippen LogP contribution in [0.15, 0.2) is 0 Å². The first kappa shape index (κ1) is 13.5. The van der Waals surface area contributed by atoms with Gasteiger partial charge in [-0.3, -0.25) is 9.59 Å². The third kappa shape index (κ3) is 2.25. The van der Waals surface area contributed by atoms with Crippen LogP contribution in [0.4, 0.5) is 0 Å². The number of carbonyl (C=O) groups is 3. The molecule has 0 aromatic heterocycles. The Morgan fingerprint density at radius 3 is 2.18 bits per heavy atom. The largest absolute Gasteiger partial charge is 0.480 e. The average Bonchev–Trinajstić information content (AvgIpc) is 2.20. The summed E-state index contributed by atoms with van der Waals surface area (Å²) >= 11 is 0. The molecule has 1 aliphatic rings. The van der Waals surface area contributed by atoms with Crippen molar-refractivity contribution in [3.8, 4) is 0 Å². The van der Waals surface area contributed by atoms with E-state index in [9.17, 15) is 14.4 Å². The quantitative estimate of drug-likeness (QED) is 0.703. The third-order valence-corrected chi connectivity index (χ3v) is 3.07.